The number of benzene rings is 2. The van der Waals surface area contributed by atoms with Crippen molar-refractivity contribution < 1.29 is 4.79 Å². The van der Waals surface area contributed by atoms with Crippen LogP contribution in [0, 0.1) is 6.92 Å². The largest absolute Gasteiger partial charge is 0.338 e. The van der Waals surface area contributed by atoms with Gasteiger partial charge in [0.05, 0.1) is 23.2 Å². The average molecular weight is 498 g/mol. The number of carbonyl (C=O) groups is 1. The van der Waals surface area contributed by atoms with Crippen molar-refractivity contribution >= 4 is 29.3 Å². The summed E-state index contributed by atoms with van der Waals surface area (Å²) >= 11 is 7.15. The van der Waals surface area contributed by atoms with Crippen molar-refractivity contribution in [3.63, 3.8) is 0 Å². The molecule has 0 saturated heterocycles. The van der Waals surface area contributed by atoms with E-state index in [-0.39, 0.29) is 23.3 Å². The number of para-hydroxylation sites is 1. The van der Waals surface area contributed by atoms with Crippen LogP contribution in [0.2, 0.25) is 5.02 Å². The predicted octanol–water partition coefficient (Wildman–Crippen LogP) is 3.43. The summed E-state index contributed by atoms with van der Waals surface area (Å²) in [4.78, 5) is 27.9. The van der Waals surface area contributed by atoms with Gasteiger partial charge in [0.15, 0.2) is 5.69 Å². The van der Waals surface area contributed by atoms with Gasteiger partial charge in [0.1, 0.15) is 0 Å². The first kappa shape index (κ1) is 23.8. The van der Waals surface area contributed by atoms with Crippen LogP contribution in [0.3, 0.4) is 0 Å². The molecule has 0 radical (unpaired) electrons. The summed E-state index contributed by atoms with van der Waals surface area (Å²) in [5.41, 5.74) is 2.51. The van der Waals surface area contributed by atoms with E-state index < -0.39 is 0 Å². The Balaban J connectivity index is 1.55. The van der Waals surface area contributed by atoms with Crippen molar-refractivity contribution in [1.29, 1.82) is 0 Å². The highest BCUT2D eigenvalue weighted by atomic mass is 35.5. The smallest absolute Gasteiger partial charge is 0.297 e. The number of amides is 1. The molecule has 1 amide bonds. The maximum atomic E-state index is 13.3. The number of aromatic nitrogens is 6. The standard InChI is InChI=1S/C23H24ClN7O2S/c1-15(17-10-12-18(24)13-11-17)28(3)20(32)14-34-23-25-26-27-30(23)21-16(2)29(4)31(22(21)33)19-8-6-5-7-9-19/h5-13,15H,14H2,1-4H3. The summed E-state index contributed by atoms with van der Waals surface area (Å²) in [5, 5.41) is 12.9. The molecule has 1 atom stereocenters. The number of hydrogen-bond acceptors (Lipinski definition) is 6. The SMILES string of the molecule is Cc1c(-n2nnnc2SCC(=O)N(C)C(C)c2ccc(Cl)cc2)c(=O)n(-c2ccccc2)n1C. The van der Waals surface area contributed by atoms with Crippen LogP contribution in [0.1, 0.15) is 24.2 Å². The van der Waals surface area contributed by atoms with Crippen molar-refractivity contribution in [3.05, 3.63) is 81.2 Å². The summed E-state index contributed by atoms with van der Waals surface area (Å²) in [6, 6.07) is 16.6. The maximum absolute atomic E-state index is 13.3. The van der Waals surface area contributed by atoms with E-state index in [2.05, 4.69) is 15.5 Å². The number of nitrogens with zero attached hydrogens (tertiary/aromatic N) is 7. The van der Waals surface area contributed by atoms with Gasteiger partial charge in [0.2, 0.25) is 11.1 Å². The van der Waals surface area contributed by atoms with E-state index in [0.717, 1.165) is 11.3 Å². The van der Waals surface area contributed by atoms with Gasteiger partial charge in [-0.3, -0.25) is 14.3 Å². The number of thioether (sulfide) groups is 1. The molecule has 0 aliphatic carbocycles. The van der Waals surface area contributed by atoms with Gasteiger partial charge in [-0.05, 0) is 54.1 Å². The molecule has 0 fully saturated rings. The second-order valence-electron chi connectivity index (χ2n) is 7.80. The van der Waals surface area contributed by atoms with E-state index >= 15 is 0 Å². The minimum atomic E-state index is -0.250. The Hall–Kier alpha value is -3.37. The summed E-state index contributed by atoms with van der Waals surface area (Å²) < 4.78 is 4.72. The van der Waals surface area contributed by atoms with Gasteiger partial charge in [0.25, 0.3) is 5.56 Å². The molecule has 34 heavy (non-hydrogen) atoms. The molecule has 2 aromatic carbocycles. The molecule has 9 nitrogen and oxygen atoms in total. The molecule has 0 N–H and O–H groups in total. The van der Waals surface area contributed by atoms with E-state index in [1.54, 1.807) is 40.5 Å². The van der Waals surface area contributed by atoms with Gasteiger partial charge in [-0.2, -0.15) is 4.68 Å². The third kappa shape index (κ3) is 4.51. The Morgan fingerprint density at radius 2 is 1.82 bits per heavy atom. The van der Waals surface area contributed by atoms with Crippen LogP contribution in [0.15, 0.2) is 64.5 Å². The van der Waals surface area contributed by atoms with Crippen LogP contribution in [-0.4, -0.2) is 53.2 Å². The van der Waals surface area contributed by atoms with Crippen molar-refractivity contribution in [2.75, 3.05) is 12.8 Å². The highest BCUT2D eigenvalue weighted by Gasteiger charge is 2.23. The lowest BCUT2D eigenvalue weighted by Gasteiger charge is -2.25. The van der Waals surface area contributed by atoms with Crippen LogP contribution in [0.5, 0.6) is 0 Å². The number of halogens is 1. The summed E-state index contributed by atoms with van der Waals surface area (Å²) in [5.74, 6) is 0.0292. The topological polar surface area (TPSA) is 90.8 Å². The zero-order valence-electron chi connectivity index (χ0n) is 19.2. The molecule has 176 valence electrons. The fourth-order valence-corrected chi connectivity index (χ4v) is 4.54. The number of hydrogen-bond donors (Lipinski definition) is 0. The maximum Gasteiger partial charge on any atom is 0.297 e. The molecule has 4 rings (SSSR count). The minimum Gasteiger partial charge on any atom is -0.338 e. The molecule has 4 aromatic rings. The molecular weight excluding hydrogens is 474 g/mol. The predicted molar refractivity (Wildman–Crippen MR) is 132 cm³/mol. The highest BCUT2D eigenvalue weighted by Crippen LogP contribution is 2.24. The lowest BCUT2D eigenvalue weighted by Crippen LogP contribution is -2.31. The number of carbonyl (C=O) groups excluding carboxylic acids is 1. The Morgan fingerprint density at radius 1 is 1.15 bits per heavy atom. The lowest BCUT2D eigenvalue weighted by atomic mass is 10.1. The average Bonchev–Trinajstić information content (AvgIpc) is 3.38. The third-order valence-electron chi connectivity index (χ3n) is 5.83. The Morgan fingerprint density at radius 3 is 2.50 bits per heavy atom. The zero-order valence-corrected chi connectivity index (χ0v) is 20.8. The van der Waals surface area contributed by atoms with Crippen LogP contribution in [0.25, 0.3) is 11.4 Å². The molecule has 0 aliphatic heterocycles. The van der Waals surface area contributed by atoms with Crippen molar-refractivity contribution in [3.8, 4) is 11.4 Å². The Bertz CT molecular complexity index is 1360. The van der Waals surface area contributed by atoms with Crippen LogP contribution in [0.4, 0.5) is 0 Å². The lowest BCUT2D eigenvalue weighted by molar-refractivity contribution is -0.128. The molecule has 2 aromatic heterocycles. The first-order valence-electron chi connectivity index (χ1n) is 10.6. The van der Waals surface area contributed by atoms with Gasteiger partial charge in [-0.15, -0.1) is 5.10 Å². The summed E-state index contributed by atoms with van der Waals surface area (Å²) in [6.07, 6.45) is 0. The zero-order chi connectivity index (χ0) is 24.4. The summed E-state index contributed by atoms with van der Waals surface area (Å²) in [7, 11) is 3.56. The Labute approximate surface area is 205 Å². The second-order valence-corrected chi connectivity index (χ2v) is 9.18. The molecule has 0 aliphatic rings. The fourth-order valence-electron chi connectivity index (χ4n) is 3.62. The van der Waals surface area contributed by atoms with Crippen LogP contribution in [-0.2, 0) is 11.8 Å². The first-order chi connectivity index (χ1) is 16.3. The molecule has 11 heteroatoms. The minimum absolute atomic E-state index is 0.0894. The normalized spacial score (nSPS) is 12.0. The van der Waals surface area contributed by atoms with E-state index in [1.807, 2.05) is 56.3 Å². The third-order valence-corrected chi connectivity index (χ3v) is 6.98. The molecule has 2 heterocycles. The fraction of sp³-hybridized carbons (Fsp3) is 0.261. The summed E-state index contributed by atoms with van der Waals surface area (Å²) in [6.45, 7) is 3.79. The van der Waals surface area contributed by atoms with Gasteiger partial charge >= 0.3 is 0 Å². The molecular formula is C23H24ClN7O2S. The monoisotopic (exact) mass is 497 g/mol. The van der Waals surface area contributed by atoms with Crippen LogP contribution >= 0.6 is 23.4 Å². The molecule has 0 spiro atoms. The van der Waals surface area contributed by atoms with E-state index in [4.69, 9.17) is 11.6 Å². The molecule has 1 unspecified atom stereocenters. The van der Waals surface area contributed by atoms with Crippen LogP contribution < -0.4 is 5.56 Å². The molecule has 0 bridgehead atoms. The van der Waals surface area contributed by atoms with Gasteiger partial charge in [0, 0.05) is 19.1 Å². The van der Waals surface area contributed by atoms with E-state index in [0.29, 0.717) is 21.6 Å². The van der Waals surface area contributed by atoms with Gasteiger partial charge < -0.3 is 4.90 Å². The Kier molecular flexibility index (Phi) is 6.90. The van der Waals surface area contributed by atoms with Crippen molar-refractivity contribution in [2.45, 2.75) is 25.0 Å². The number of tetrazole rings is 1. The van der Waals surface area contributed by atoms with Gasteiger partial charge in [-0.25, -0.2) is 4.68 Å². The van der Waals surface area contributed by atoms with Gasteiger partial charge in [-0.1, -0.05) is 53.7 Å². The van der Waals surface area contributed by atoms with E-state index in [9.17, 15) is 9.59 Å². The second kappa shape index (κ2) is 9.86. The van der Waals surface area contributed by atoms with Crippen molar-refractivity contribution in [1.82, 2.24) is 34.5 Å². The number of rotatable bonds is 7. The van der Waals surface area contributed by atoms with Crippen molar-refractivity contribution in [2.24, 2.45) is 7.05 Å². The van der Waals surface area contributed by atoms with E-state index in [1.165, 1.54) is 16.4 Å². The quantitative estimate of drug-likeness (QED) is 0.363. The molecule has 0 saturated carbocycles. The highest BCUT2D eigenvalue weighted by molar-refractivity contribution is 7.99. The first-order valence-corrected chi connectivity index (χ1v) is 11.9.